The summed E-state index contributed by atoms with van der Waals surface area (Å²) in [5.41, 5.74) is 6.18. The number of nitrogens with two attached hydrogens (primary N) is 1. The first kappa shape index (κ1) is 15.5. The number of hydrogen-bond acceptors (Lipinski definition) is 3. The number of aryl methyl sites for hydroxylation is 2. The smallest absolute Gasteiger partial charge is 0.0624 e. The molecule has 1 aromatic heterocycles. The molecule has 3 N–H and O–H groups in total. The first-order chi connectivity index (χ1) is 9.55. The lowest BCUT2D eigenvalue weighted by Gasteiger charge is -2.18. The van der Waals surface area contributed by atoms with E-state index >= 15 is 0 Å². The minimum atomic E-state index is 0.00162. The lowest BCUT2D eigenvalue weighted by atomic mass is 10.0. The quantitative estimate of drug-likeness (QED) is 0.638. The molecule has 0 saturated carbocycles. The minimum absolute atomic E-state index is 0.00162. The summed E-state index contributed by atoms with van der Waals surface area (Å²) in [4.78, 5) is 0. The Morgan fingerprint density at radius 2 is 2.20 bits per heavy atom. The third-order valence-electron chi connectivity index (χ3n) is 3.34. The Balaban J connectivity index is 2.26. The summed E-state index contributed by atoms with van der Waals surface area (Å²) >= 11 is 9.51. The van der Waals surface area contributed by atoms with Crippen molar-refractivity contribution in [3.8, 4) is 0 Å². The molecule has 1 unspecified atom stereocenters. The van der Waals surface area contributed by atoms with Crippen LogP contribution in [0.5, 0.6) is 0 Å². The molecule has 1 heterocycles. The molecule has 0 aliphatic heterocycles. The summed E-state index contributed by atoms with van der Waals surface area (Å²) in [6.07, 6.45) is 1.69. The van der Waals surface area contributed by atoms with Crippen LogP contribution in [0, 0.1) is 0 Å². The SMILES string of the molecule is CCc1cc(CC(NN)c2ccc(Cl)cc2Br)n(C)n1. The topological polar surface area (TPSA) is 55.9 Å². The molecule has 0 fully saturated rings. The van der Waals surface area contributed by atoms with E-state index in [0.29, 0.717) is 5.02 Å². The highest BCUT2D eigenvalue weighted by molar-refractivity contribution is 9.10. The van der Waals surface area contributed by atoms with Crippen LogP contribution in [0.4, 0.5) is 0 Å². The molecule has 0 aliphatic carbocycles. The van der Waals surface area contributed by atoms with Crippen molar-refractivity contribution >= 4 is 27.5 Å². The van der Waals surface area contributed by atoms with Crippen LogP contribution >= 0.6 is 27.5 Å². The zero-order valence-electron chi connectivity index (χ0n) is 11.5. The first-order valence-corrected chi connectivity index (χ1v) is 7.65. The van der Waals surface area contributed by atoms with Crippen molar-refractivity contribution in [3.05, 3.63) is 50.7 Å². The van der Waals surface area contributed by atoms with Gasteiger partial charge in [0.05, 0.1) is 11.7 Å². The van der Waals surface area contributed by atoms with Crippen molar-refractivity contribution in [1.82, 2.24) is 15.2 Å². The van der Waals surface area contributed by atoms with Gasteiger partial charge in [0.25, 0.3) is 0 Å². The van der Waals surface area contributed by atoms with E-state index in [9.17, 15) is 0 Å². The van der Waals surface area contributed by atoms with E-state index in [1.807, 2.05) is 29.9 Å². The third kappa shape index (κ3) is 3.41. The van der Waals surface area contributed by atoms with Crippen LogP contribution in [-0.2, 0) is 19.9 Å². The summed E-state index contributed by atoms with van der Waals surface area (Å²) in [5.74, 6) is 5.72. The fourth-order valence-electron chi connectivity index (χ4n) is 2.19. The van der Waals surface area contributed by atoms with Crippen molar-refractivity contribution in [2.75, 3.05) is 0 Å². The van der Waals surface area contributed by atoms with E-state index in [1.54, 1.807) is 0 Å². The van der Waals surface area contributed by atoms with Crippen molar-refractivity contribution in [2.24, 2.45) is 12.9 Å². The molecule has 2 rings (SSSR count). The average molecular weight is 358 g/mol. The van der Waals surface area contributed by atoms with Crippen molar-refractivity contribution in [3.63, 3.8) is 0 Å². The van der Waals surface area contributed by atoms with Crippen LogP contribution in [0.15, 0.2) is 28.7 Å². The fourth-order valence-corrected chi connectivity index (χ4v) is 3.15. The molecule has 0 amide bonds. The number of hydrogen-bond donors (Lipinski definition) is 2. The van der Waals surface area contributed by atoms with Gasteiger partial charge >= 0.3 is 0 Å². The van der Waals surface area contributed by atoms with Gasteiger partial charge < -0.3 is 0 Å². The van der Waals surface area contributed by atoms with E-state index < -0.39 is 0 Å². The molecule has 1 atom stereocenters. The maximum Gasteiger partial charge on any atom is 0.0624 e. The molecular formula is C14H18BrClN4. The number of benzene rings is 1. The van der Waals surface area contributed by atoms with Crippen molar-refractivity contribution in [1.29, 1.82) is 0 Å². The standard InChI is InChI=1S/C14H18BrClN4/c1-3-10-7-11(20(2)19-10)8-14(18-17)12-5-4-9(16)6-13(12)15/h4-7,14,18H,3,8,17H2,1-2H3. The van der Waals surface area contributed by atoms with Gasteiger partial charge in [-0.2, -0.15) is 5.10 Å². The summed E-state index contributed by atoms with van der Waals surface area (Å²) in [7, 11) is 1.96. The molecule has 0 saturated heterocycles. The van der Waals surface area contributed by atoms with E-state index in [2.05, 4.69) is 39.4 Å². The summed E-state index contributed by atoms with van der Waals surface area (Å²) in [6.45, 7) is 2.10. The molecule has 1 aromatic carbocycles. The molecule has 2 aromatic rings. The Kier molecular flexibility index (Phi) is 5.21. The maximum absolute atomic E-state index is 5.98. The van der Waals surface area contributed by atoms with Crippen LogP contribution < -0.4 is 11.3 Å². The minimum Gasteiger partial charge on any atom is -0.272 e. The number of hydrazine groups is 1. The summed E-state index contributed by atoms with van der Waals surface area (Å²) in [5, 5.41) is 5.16. The van der Waals surface area contributed by atoms with Crippen LogP contribution in [0.2, 0.25) is 5.02 Å². The molecule has 4 nitrogen and oxygen atoms in total. The number of nitrogens with zero attached hydrogens (tertiary/aromatic N) is 2. The predicted octanol–water partition coefficient (Wildman–Crippen LogP) is 3.15. The van der Waals surface area contributed by atoms with Gasteiger partial charge in [0.2, 0.25) is 0 Å². The van der Waals surface area contributed by atoms with E-state index in [-0.39, 0.29) is 6.04 Å². The van der Waals surface area contributed by atoms with Gasteiger partial charge in [-0.1, -0.05) is 40.5 Å². The van der Waals surface area contributed by atoms with Crippen LogP contribution in [0.1, 0.15) is 29.9 Å². The van der Waals surface area contributed by atoms with Crippen molar-refractivity contribution < 1.29 is 0 Å². The Morgan fingerprint density at radius 1 is 1.45 bits per heavy atom. The first-order valence-electron chi connectivity index (χ1n) is 6.48. The van der Waals surface area contributed by atoms with Crippen LogP contribution in [0.25, 0.3) is 0 Å². The molecule has 0 bridgehead atoms. The second-order valence-electron chi connectivity index (χ2n) is 4.69. The maximum atomic E-state index is 5.98. The zero-order valence-corrected chi connectivity index (χ0v) is 13.9. The predicted molar refractivity (Wildman–Crippen MR) is 85.5 cm³/mol. The van der Waals surface area contributed by atoms with Gasteiger partial charge in [-0.05, 0) is 30.2 Å². The molecule has 0 spiro atoms. The number of nitrogens with one attached hydrogen (secondary N) is 1. The lowest BCUT2D eigenvalue weighted by Crippen LogP contribution is -2.30. The normalized spacial score (nSPS) is 12.7. The van der Waals surface area contributed by atoms with E-state index in [1.165, 1.54) is 0 Å². The Labute approximate surface area is 132 Å². The van der Waals surface area contributed by atoms with Gasteiger partial charge in [-0.15, -0.1) is 0 Å². The molecule has 0 radical (unpaired) electrons. The van der Waals surface area contributed by atoms with Crippen LogP contribution in [-0.4, -0.2) is 9.78 Å². The number of aromatic nitrogens is 2. The number of rotatable bonds is 5. The zero-order chi connectivity index (χ0) is 14.7. The number of halogens is 2. The Morgan fingerprint density at radius 3 is 2.75 bits per heavy atom. The van der Waals surface area contributed by atoms with Gasteiger partial charge in [0.1, 0.15) is 0 Å². The van der Waals surface area contributed by atoms with E-state index in [4.69, 9.17) is 17.4 Å². The van der Waals surface area contributed by atoms with Crippen LogP contribution in [0.3, 0.4) is 0 Å². The molecule has 0 aliphatic rings. The molecule has 108 valence electrons. The largest absolute Gasteiger partial charge is 0.272 e. The van der Waals surface area contributed by atoms with Gasteiger partial charge in [0.15, 0.2) is 0 Å². The Hall–Kier alpha value is -0.880. The third-order valence-corrected chi connectivity index (χ3v) is 4.26. The Bertz CT molecular complexity index is 597. The van der Waals surface area contributed by atoms with Gasteiger partial charge in [-0.25, -0.2) is 0 Å². The van der Waals surface area contributed by atoms with Crippen molar-refractivity contribution in [2.45, 2.75) is 25.8 Å². The highest BCUT2D eigenvalue weighted by atomic mass is 79.9. The highest BCUT2D eigenvalue weighted by Crippen LogP contribution is 2.28. The van der Waals surface area contributed by atoms with Gasteiger partial charge in [-0.3, -0.25) is 16.0 Å². The highest BCUT2D eigenvalue weighted by Gasteiger charge is 2.16. The summed E-state index contributed by atoms with van der Waals surface area (Å²) < 4.78 is 2.86. The van der Waals surface area contributed by atoms with Gasteiger partial charge in [0, 0.05) is 28.7 Å². The average Bonchev–Trinajstić information content (AvgIpc) is 2.77. The van der Waals surface area contributed by atoms with E-state index in [0.717, 1.165) is 34.3 Å². The molecular weight excluding hydrogens is 340 g/mol. The monoisotopic (exact) mass is 356 g/mol. The second kappa shape index (κ2) is 6.72. The molecule has 6 heteroatoms. The fraction of sp³-hybridized carbons (Fsp3) is 0.357. The summed E-state index contributed by atoms with van der Waals surface area (Å²) in [6, 6.07) is 7.85. The lowest BCUT2D eigenvalue weighted by molar-refractivity contribution is 0.528. The second-order valence-corrected chi connectivity index (χ2v) is 5.98. The molecule has 20 heavy (non-hydrogen) atoms.